The van der Waals surface area contributed by atoms with Crippen LogP contribution in [0.15, 0.2) is 39.9 Å². The molecule has 2 aromatic rings. The number of piperazine rings is 1. The SMILES string of the molecule is Cn1c(N2CCN(CCCOc3ccccc3C#N)CC2)cc(=O)n(C)c1=O. The van der Waals surface area contributed by atoms with Crippen LogP contribution in [0.4, 0.5) is 5.82 Å². The van der Waals surface area contributed by atoms with Crippen molar-refractivity contribution in [3.63, 3.8) is 0 Å². The highest BCUT2D eigenvalue weighted by atomic mass is 16.5. The molecule has 0 N–H and O–H groups in total. The fraction of sp³-hybridized carbons (Fsp3) is 0.450. The van der Waals surface area contributed by atoms with Gasteiger partial charge in [-0.05, 0) is 18.6 Å². The zero-order valence-corrected chi connectivity index (χ0v) is 16.3. The summed E-state index contributed by atoms with van der Waals surface area (Å²) in [6, 6.07) is 10.9. The summed E-state index contributed by atoms with van der Waals surface area (Å²) in [5.41, 5.74) is -0.0363. The Bertz CT molecular complexity index is 981. The second kappa shape index (κ2) is 8.76. The lowest BCUT2D eigenvalue weighted by molar-refractivity contribution is 0.224. The molecule has 0 unspecified atom stereocenters. The lowest BCUT2D eigenvalue weighted by Crippen LogP contribution is -2.49. The van der Waals surface area contributed by atoms with Crippen molar-refractivity contribution in [1.29, 1.82) is 5.26 Å². The highest BCUT2D eigenvalue weighted by molar-refractivity contribution is 5.42. The Balaban J connectivity index is 1.48. The number of anilines is 1. The summed E-state index contributed by atoms with van der Waals surface area (Å²) in [6.07, 6.45) is 0.865. The first-order chi connectivity index (χ1) is 13.5. The standard InChI is InChI=1S/C20H25N5O3/c1-22-18(14-19(26)23(2)20(22)27)25-11-9-24(10-12-25)8-5-13-28-17-7-4-3-6-16(17)15-21/h3-4,6-7,14H,5,8-13H2,1-2H3. The van der Waals surface area contributed by atoms with Crippen LogP contribution in [0.25, 0.3) is 0 Å². The molecule has 8 nitrogen and oxygen atoms in total. The van der Waals surface area contributed by atoms with Gasteiger partial charge in [0, 0.05) is 52.9 Å². The number of hydrogen-bond donors (Lipinski definition) is 0. The van der Waals surface area contributed by atoms with Crippen molar-refractivity contribution in [2.24, 2.45) is 14.1 Å². The van der Waals surface area contributed by atoms with Gasteiger partial charge in [-0.25, -0.2) is 4.79 Å². The van der Waals surface area contributed by atoms with Crippen LogP contribution < -0.4 is 20.9 Å². The Morgan fingerprint density at radius 1 is 1.07 bits per heavy atom. The molecule has 1 aromatic heterocycles. The molecule has 1 aliphatic heterocycles. The molecule has 0 bridgehead atoms. The van der Waals surface area contributed by atoms with E-state index in [0.29, 0.717) is 23.7 Å². The van der Waals surface area contributed by atoms with Crippen molar-refractivity contribution in [3.05, 3.63) is 56.7 Å². The molecule has 1 aromatic carbocycles. The molecule has 1 aliphatic rings. The van der Waals surface area contributed by atoms with E-state index in [2.05, 4.69) is 15.9 Å². The van der Waals surface area contributed by atoms with E-state index in [1.165, 1.54) is 17.7 Å². The minimum absolute atomic E-state index is 0.282. The van der Waals surface area contributed by atoms with E-state index >= 15 is 0 Å². The largest absolute Gasteiger partial charge is 0.492 e. The van der Waals surface area contributed by atoms with Gasteiger partial charge in [0.2, 0.25) is 0 Å². The molecule has 8 heteroatoms. The summed E-state index contributed by atoms with van der Waals surface area (Å²) < 4.78 is 8.37. The first kappa shape index (κ1) is 19.7. The molecule has 28 heavy (non-hydrogen) atoms. The summed E-state index contributed by atoms with van der Waals surface area (Å²) in [5, 5.41) is 9.08. The van der Waals surface area contributed by atoms with E-state index in [1.54, 1.807) is 13.1 Å². The molecule has 0 aliphatic carbocycles. The van der Waals surface area contributed by atoms with Crippen molar-refractivity contribution in [2.75, 3.05) is 44.2 Å². The van der Waals surface area contributed by atoms with Gasteiger partial charge in [-0.3, -0.25) is 18.8 Å². The molecular formula is C20H25N5O3. The summed E-state index contributed by atoms with van der Waals surface area (Å²) in [6.45, 7) is 4.70. The molecule has 0 atom stereocenters. The monoisotopic (exact) mass is 383 g/mol. The number of hydrogen-bond acceptors (Lipinski definition) is 6. The quantitative estimate of drug-likeness (QED) is 0.678. The van der Waals surface area contributed by atoms with E-state index in [4.69, 9.17) is 10.00 Å². The minimum Gasteiger partial charge on any atom is -0.492 e. The zero-order chi connectivity index (χ0) is 20.1. The van der Waals surface area contributed by atoms with Gasteiger partial charge in [0.05, 0.1) is 12.2 Å². The van der Waals surface area contributed by atoms with Crippen LogP contribution in [-0.2, 0) is 14.1 Å². The van der Waals surface area contributed by atoms with Gasteiger partial charge < -0.3 is 9.64 Å². The third-order valence-corrected chi connectivity index (χ3v) is 5.08. The van der Waals surface area contributed by atoms with Gasteiger partial charge in [0.15, 0.2) is 0 Å². The Morgan fingerprint density at radius 3 is 2.50 bits per heavy atom. The predicted octanol–water partition coefficient (Wildman–Crippen LogP) is 0.547. The van der Waals surface area contributed by atoms with Crippen molar-refractivity contribution < 1.29 is 4.74 Å². The molecule has 0 saturated carbocycles. The first-order valence-electron chi connectivity index (χ1n) is 9.37. The van der Waals surface area contributed by atoms with Crippen molar-refractivity contribution in [3.8, 4) is 11.8 Å². The Hall–Kier alpha value is -3.05. The van der Waals surface area contributed by atoms with Crippen LogP contribution in [0, 0.1) is 11.3 Å². The van der Waals surface area contributed by atoms with Crippen molar-refractivity contribution in [2.45, 2.75) is 6.42 Å². The van der Waals surface area contributed by atoms with Gasteiger partial charge in [-0.15, -0.1) is 0 Å². The Morgan fingerprint density at radius 2 is 1.79 bits per heavy atom. The van der Waals surface area contributed by atoms with Gasteiger partial charge in [-0.1, -0.05) is 12.1 Å². The van der Waals surface area contributed by atoms with E-state index in [0.717, 1.165) is 43.7 Å². The minimum atomic E-state index is -0.306. The summed E-state index contributed by atoms with van der Waals surface area (Å²) in [7, 11) is 3.18. The van der Waals surface area contributed by atoms with Crippen LogP contribution in [0.1, 0.15) is 12.0 Å². The van der Waals surface area contributed by atoms with E-state index in [-0.39, 0.29) is 11.2 Å². The molecule has 0 amide bonds. The van der Waals surface area contributed by atoms with Crippen molar-refractivity contribution >= 4 is 5.82 Å². The summed E-state index contributed by atoms with van der Waals surface area (Å²) in [4.78, 5) is 28.5. The number of nitrogens with zero attached hydrogens (tertiary/aromatic N) is 5. The predicted molar refractivity (Wildman–Crippen MR) is 107 cm³/mol. The molecular weight excluding hydrogens is 358 g/mol. The number of aromatic nitrogens is 2. The summed E-state index contributed by atoms with van der Waals surface area (Å²) >= 11 is 0. The number of benzene rings is 1. The van der Waals surface area contributed by atoms with Crippen LogP contribution in [0.5, 0.6) is 5.75 Å². The van der Waals surface area contributed by atoms with Crippen molar-refractivity contribution in [1.82, 2.24) is 14.0 Å². The fourth-order valence-electron chi connectivity index (χ4n) is 3.38. The smallest absolute Gasteiger partial charge is 0.332 e. The van der Waals surface area contributed by atoms with Crippen LogP contribution >= 0.6 is 0 Å². The Kier molecular flexibility index (Phi) is 6.16. The van der Waals surface area contributed by atoms with Gasteiger partial charge >= 0.3 is 5.69 Å². The van der Waals surface area contributed by atoms with E-state index in [1.807, 2.05) is 18.2 Å². The summed E-state index contributed by atoms with van der Waals surface area (Å²) in [5.74, 6) is 1.30. The lowest BCUT2D eigenvalue weighted by atomic mass is 10.2. The average Bonchev–Trinajstić information content (AvgIpc) is 2.73. The van der Waals surface area contributed by atoms with Crippen LogP contribution in [0.2, 0.25) is 0 Å². The number of para-hydroxylation sites is 1. The second-order valence-electron chi connectivity index (χ2n) is 6.88. The Labute approximate surface area is 163 Å². The maximum atomic E-state index is 12.1. The third kappa shape index (κ3) is 4.26. The molecule has 3 rings (SSSR count). The lowest BCUT2D eigenvalue weighted by Gasteiger charge is -2.36. The van der Waals surface area contributed by atoms with Crippen LogP contribution in [-0.4, -0.2) is 53.4 Å². The van der Waals surface area contributed by atoms with E-state index in [9.17, 15) is 9.59 Å². The van der Waals surface area contributed by atoms with E-state index < -0.39 is 0 Å². The number of nitriles is 1. The van der Waals surface area contributed by atoms with Gasteiger partial charge in [0.1, 0.15) is 17.6 Å². The molecule has 1 saturated heterocycles. The maximum absolute atomic E-state index is 12.1. The zero-order valence-electron chi connectivity index (χ0n) is 16.3. The average molecular weight is 383 g/mol. The molecule has 0 spiro atoms. The third-order valence-electron chi connectivity index (χ3n) is 5.08. The molecule has 1 fully saturated rings. The number of rotatable bonds is 6. The molecule has 148 valence electrons. The first-order valence-corrected chi connectivity index (χ1v) is 9.37. The maximum Gasteiger partial charge on any atom is 0.332 e. The fourth-order valence-corrected chi connectivity index (χ4v) is 3.38. The van der Waals surface area contributed by atoms with Crippen LogP contribution in [0.3, 0.4) is 0 Å². The van der Waals surface area contributed by atoms with Gasteiger partial charge in [0.25, 0.3) is 5.56 Å². The van der Waals surface area contributed by atoms with Gasteiger partial charge in [-0.2, -0.15) is 5.26 Å². The topological polar surface area (TPSA) is 83.5 Å². The highest BCUT2D eigenvalue weighted by Gasteiger charge is 2.20. The number of ether oxygens (including phenoxy) is 1. The molecule has 2 heterocycles. The second-order valence-corrected chi connectivity index (χ2v) is 6.88. The highest BCUT2D eigenvalue weighted by Crippen LogP contribution is 2.17. The normalized spacial score (nSPS) is 14.7. The molecule has 0 radical (unpaired) electrons.